The van der Waals surface area contributed by atoms with Crippen molar-refractivity contribution in [2.45, 2.75) is 26.2 Å². The second-order valence-corrected chi connectivity index (χ2v) is 5.95. The number of hydrogen-bond donors (Lipinski definition) is 3. The molecule has 5 nitrogen and oxygen atoms in total. The molecule has 2 amide bonds. The van der Waals surface area contributed by atoms with Gasteiger partial charge in [0.05, 0.1) is 0 Å². The van der Waals surface area contributed by atoms with Gasteiger partial charge in [-0.05, 0) is 44.4 Å². The van der Waals surface area contributed by atoms with Gasteiger partial charge in [-0.2, -0.15) is 0 Å². The Morgan fingerprint density at radius 1 is 1.23 bits per heavy atom. The molecule has 4 N–H and O–H groups in total. The Morgan fingerprint density at radius 3 is 2.73 bits per heavy atom. The van der Waals surface area contributed by atoms with Crippen LogP contribution in [-0.4, -0.2) is 31.4 Å². The van der Waals surface area contributed by atoms with Crippen LogP contribution in [0.2, 0.25) is 0 Å². The van der Waals surface area contributed by atoms with Crippen LogP contribution in [0.15, 0.2) is 24.3 Å². The zero-order chi connectivity index (χ0) is 15.9. The smallest absolute Gasteiger partial charge is 0.251 e. The number of nitrogens with two attached hydrogens (primary N) is 1. The average molecular weight is 303 g/mol. The van der Waals surface area contributed by atoms with Crippen LogP contribution >= 0.6 is 0 Å². The first kappa shape index (κ1) is 16.5. The number of carbonyl (C=O) groups excluding carboxylic acids is 2. The summed E-state index contributed by atoms with van der Waals surface area (Å²) < 4.78 is 0. The normalized spacial score (nSPS) is 20.6. The van der Waals surface area contributed by atoms with Crippen molar-refractivity contribution in [1.82, 2.24) is 10.6 Å². The van der Waals surface area contributed by atoms with E-state index in [0.29, 0.717) is 31.1 Å². The number of hydrogen-bond acceptors (Lipinski definition) is 3. The van der Waals surface area contributed by atoms with Crippen molar-refractivity contribution >= 4 is 11.8 Å². The van der Waals surface area contributed by atoms with Crippen LogP contribution in [0.4, 0.5) is 0 Å². The van der Waals surface area contributed by atoms with Crippen molar-refractivity contribution in [1.29, 1.82) is 0 Å². The first-order chi connectivity index (χ1) is 10.6. The van der Waals surface area contributed by atoms with Crippen LogP contribution < -0.4 is 16.4 Å². The van der Waals surface area contributed by atoms with Gasteiger partial charge in [0.1, 0.15) is 0 Å². The standard InChI is InChI=1S/C17H25N3O2/c1-12-4-2-5-13(10-12)16(21)19-8-9-20-17(22)15-7-3-6-14(15)11-18/h2,4-5,10,14-15H,3,6-9,11,18H2,1H3,(H,19,21)(H,20,22)/t14-,15-/m1/s1. The molecule has 1 aliphatic carbocycles. The highest BCUT2D eigenvalue weighted by atomic mass is 16.2. The summed E-state index contributed by atoms with van der Waals surface area (Å²) in [6.07, 6.45) is 3.03. The molecule has 1 aromatic rings. The van der Waals surface area contributed by atoms with Gasteiger partial charge in [-0.25, -0.2) is 0 Å². The molecule has 120 valence electrons. The molecule has 1 aliphatic rings. The molecule has 0 unspecified atom stereocenters. The number of rotatable bonds is 6. The summed E-state index contributed by atoms with van der Waals surface area (Å²) in [4.78, 5) is 24.1. The third-order valence-electron chi connectivity index (χ3n) is 4.29. The summed E-state index contributed by atoms with van der Waals surface area (Å²) in [7, 11) is 0. The maximum Gasteiger partial charge on any atom is 0.251 e. The van der Waals surface area contributed by atoms with Crippen molar-refractivity contribution in [3.63, 3.8) is 0 Å². The van der Waals surface area contributed by atoms with Crippen molar-refractivity contribution in [2.75, 3.05) is 19.6 Å². The van der Waals surface area contributed by atoms with Crippen molar-refractivity contribution in [2.24, 2.45) is 17.6 Å². The van der Waals surface area contributed by atoms with E-state index in [0.717, 1.165) is 24.8 Å². The molecule has 1 fully saturated rings. The Balaban J connectivity index is 1.71. The molecule has 0 saturated heterocycles. The topological polar surface area (TPSA) is 84.2 Å². The first-order valence-corrected chi connectivity index (χ1v) is 7.94. The fourth-order valence-corrected chi connectivity index (χ4v) is 3.05. The molecular weight excluding hydrogens is 278 g/mol. The van der Waals surface area contributed by atoms with E-state index < -0.39 is 0 Å². The first-order valence-electron chi connectivity index (χ1n) is 7.94. The summed E-state index contributed by atoms with van der Waals surface area (Å²) >= 11 is 0. The Bertz CT molecular complexity index is 530. The Morgan fingerprint density at radius 2 is 2.00 bits per heavy atom. The molecule has 0 aliphatic heterocycles. The molecule has 1 saturated carbocycles. The molecular formula is C17H25N3O2. The zero-order valence-electron chi connectivity index (χ0n) is 13.1. The lowest BCUT2D eigenvalue weighted by atomic mass is 9.95. The van der Waals surface area contributed by atoms with Gasteiger partial charge in [-0.15, -0.1) is 0 Å². The number of amides is 2. The maximum absolute atomic E-state index is 12.1. The predicted molar refractivity (Wildman–Crippen MR) is 86.4 cm³/mol. The summed E-state index contributed by atoms with van der Waals surface area (Å²) in [5.74, 6) is 0.302. The van der Waals surface area contributed by atoms with Crippen LogP contribution in [0.5, 0.6) is 0 Å². The van der Waals surface area contributed by atoms with E-state index in [1.807, 2.05) is 25.1 Å². The molecule has 0 heterocycles. The lowest BCUT2D eigenvalue weighted by Gasteiger charge is -2.17. The summed E-state index contributed by atoms with van der Waals surface area (Å²) in [5, 5.41) is 5.72. The van der Waals surface area contributed by atoms with Crippen LogP contribution in [0.3, 0.4) is 0 Å². The second kappa shape index (κ2) is 7.94. The van der Waals surface area contributed by atoms with Gasteiger partial charge in [0.25, 0.3) is 5.91 Å². The van der Waals surface area contributed by atoms with Gasteiger partial charge in [0, 0.05) is 24.6 Å². The molecule has 22 heavy (non-hydrogen) atoms. The van der Waals surface area contributed by atoms with Gasteiger partial charge in [0.2, 0.25) is 5.91 Å². The molecule has 2 atom stereocenters. The summed E-state index contributed by atoms with van der Waals surface area (Å²) in [6.45, 7) is 3.40. The molecule has 1 aromatic carbocycles. The number of nitrogens with one attached hydrogen (secondary N) is 2. The van der Waals surface area contributed by atoms with E-state index in [9.17, 15) is 9.59 Å². The van der Waals surface area contributed by atoms with Crippen LogP contribution in [0.1, 0.15) is 35.2 Å². The third kappa shape index (κ3) is 4.31. The van der Waals surface area contributed by atoms with Crippen LogP contribution in [0.25, 0.3) is 0 Å². The van der Waals surface area contributed by atoms with E-state index in [1.54, 1.807) is 6.07 Å². The van der Waals surface area contributed by atoms with E-state index in [-0.39, 0.29) is 17.7 Å². The number of carbonyl (C=O) groups is 2. The molecule has 2 rings (SSSR count). The van der Waals surface area contributed by atoms with Crippen molar-refractivity contribution in [3.8, 4) is 0 Å². The molecule has 0 aromatic heterocycles. The summed E-state index contributed by atoms with van der Waals surface area (Å²) in [5.41, 5.74) is 7.39. The Labute approximate surface area is 131 Å². The van der Waals surface area contributed by atoms with Gasteiger partial charge >= 0.3 is 0 Å². The minimum Gasteiger partial charge on any atom is -0.354 e. The Kier molecular flexibility index (Phi) is 5.95. The maximum atomic E-state index is 12.1. The molecule has 0 bridgehead atoms. The van der Waals surface area contributed by atoms with Gasteiger partial charge in [-0.1, -0.05) is 24.1 Å². The number of benzene rings is 1. The zero-order valence-corrected chi connectivity index (χ0v) is 13.1. The fourth-order valence-electron chi connectivity index (χ4n) is 3.05. The lowest BCUT2D eigenvalue weighted by molar-refractivity contribution is -0.125. The highest BCUT2D eigenvalue weighted by Gasteiger charge is 2.31. The predicted octanol–water partition coefficient (Wildman–Crippen LogP) is 1.22. The second-order valence-electron chi connectivity index (χ2n) is 5.95. The average Bonchev–Trinajstić information content (AvgIpc) is 2.99. The largest absolute Gasteiger partial charge is 0.354 e. The van der Waals surface area contributed by atoms with E-state index in [1.165, 1.54) is 0 Å². The minimum atomic E-state index is -0.112. The van der Waals surface area contributed by atoms with Crippen molar-refractivity contribution < 1.29 is 9.59 Å². The lowest BCUT2D eigenvalue weighted by Crippen LogP contribution is -2.39. The minimum absolute atomic E-state index is 0.0393. The quantitative estimate of drug-likeness (QED) is 0.691. The molecule has 5 heteroatoms. The highest BCUT2D eigenvalue weighted by Crippen LogP contribution is 2.30. The van der Waals surface area contributed by atoms with E-state index in [2.05, 4.69) is 10.6 Å². The van der Waals surface area contributed by atoms with E-state index >= 15 is 0 Å². The number of aryl methyl sites for hydroxylation is 1. The summed E-state index contributed by atoms with van der Waals surface area (Å²) in [6, 6.07) is 7.44. The van der Waals surface area contributed by atoms with Crippen LogP contribution in [0, 0.1) is 18.8 Å². The Hall–Kier alpha value is -1.88. The van der Waals surface area contributed by atoms with E-state index in [4.69, 9.17) is 5.73 Å². The molecule has 0 spiro atoms. The monoisotopic (exact) mass is 303 g/mol. The highest BCUT2D eigenvalue weighted by molar-refractivity contribution is 5.94. The van der Waals surface area contributed by atoms with Gasteiger partial charge in [-0.3, -0.25) is 9.59 Å². The van der Waals surface area contributed by atoms with Gasteiger partial charge < -0.3 is 16.4 Å². The van der Waals surface area contributed by atoms with Crippen molar-refractivity contribution in [3.05, 3.63) is 35.4 Å². The fraction of sp³-hybridized carbons (Fsp3) is 0.529. The molecule has 0 radical (unpaired) electrons. The third-order valence-corrected chi connectivity index (χ3v) is 4.29. The van der Waals surface area contributed by atoms with Crippen LogP contribution in [-0.2, 0) is 4.79 Å². The van der Waals surface area contributed by atoms with Gasteiger partial charge in [0.15, 0.2) is 0 Å². The SMILES string of the molecule is Cc1cccc(C(=O)NCCNC(=O)[C@@H]2CCC[C@@H]2CN)c1.